The molecule has 3 aromatic heterocycles. The molecule has 1 atom stereocenters. The Morgan fingerprint density at radius 3 is 2.63 bits per heavy atom. The average Bonchev–Trinajstić information content (AvgIpc) is 3.34. The molecule has 4 aromatic rings. The summed E-state index contributed by atoms with van der Waals surface area (Å²) < 4.78 is 3.16. The summed E-state index contributed by atoms with van der Waals surface area (Å²) in [6.45, 7) is 1.98. The zero-order valence-corrected chi connectivity index (χ0v) is 14.8. The zero-order chi connectivity index (χ0) is 19.0. The van der Waals surface area contributed by atoms with Crippen molar-refractivity contribution in [1.29, 1.82) is 0 Å². The highest BCUT2D eigenvalue weighted by molar-refractivity contribution is 5.64. The Morgan fingerprint density at radius 2 is 1.96 bits per heavy atom. The van der Waals surface area contributed by atoms with Gasteiger partial charge < -0.3 is 15.0 Å². The molecule has 27 heavy (non-hydrogen) atoms. The highest BCUT2D eigenvalue weighted by Crippen LogP contribution is 2.33. The molecular formula is C18H17N7O2. The van der Waals surface area contributed by atoms with Gasteiger partial charge in [-0.15, -0.1) is 0 Å². The minimum Gasteiger partial charge on any atom is -0.358 e. The molecule has 0 radical (unpaired) electrons. The van der Waals surface area contributed by atoms with Gasteiger partial charge in [-0.25, -0.2) is 9.67 Å². The van der Waals surface area contributed by atoms with Gasteiger partial charge in [0.05, 0.1) is 17.9 Å². The molecule has 9 heteroatoms. The van der Waals surface area contributed by atoms with E-state index in [0.717, 1.165) is 11.3 Å². The van der Waals surface area contributed by atoms with Gasteiger partial charge in [0.15, 0.2) is 0 Å². The first-order chi connectivity index (χ1) is 13.1. The molecule has 0 spiro atoms. The van der Waals surface area contributed by atoms with Crippen LogP contribution in [0.1, 0.15) is 18.5 Å². The summed E-state index contributed by atoms with van der Waals surface area (Å²) in [4.78, 5) is 21.5. The molecule has 0 N–H and O–H groups in total. The Kier molecular flexibility index (Phi) is 4.03. The number of rotatable bonds is 5. The fourth-order valence-electron chi connectivity index (χ4n) is 3.03. The fourth-order valence-corrected chi connectivity index (χ4v) is 3.03. The first kappa shape index (κ1) is 16.7. The molecule has 1 unspecified atom stereocenters. The molecule has 136 valence electrons. The highest BCUT2D eigenvalue weighted by Gasteiger charge is 2.27. The van der Waals surface area contributed by atoms with E-state index < -0.39 is 4.92 Å². The van der Waals surface area contributed by atoms with E-state index in [1.165, 1.54) is 10.7 Å². The van der Waals surface area contributed by atoms with Crippen LogP contribution in [0.2, 0.25) is 0 Å². The number of hydrogen-bond donors (Lipinski definition) is 0. The average molecular weight is 363 g/mol. The summed E-state index contributed by atoms with van der Waals surface area (Å²) >= 11 is 0. The maximum atomic E-state index is 11.6. The summed E-state index contributed by atoms with van der Waals surface area (Å²) in [6.07, 6.45) is 4.76. The van der Waals surface area contributed by atoms with E-state index >= 15 is 0 Å². The molecule has 4 rings (SSSR count). The summed E-state index contributed by atoms with van der Waals surface area (Å²) in [5.74, 6) is 0.290. The number of benzene rings is 1. The van der Waals surface area contributed by atoms with Crippen molar-refractivity contribution in [3.8, 4) is 5.69 Å². The summed E-state index contributed by atoms with van der Waals surface area (Å²) in [7, 11) is 1.81. The number of pyridine rings is 1. The van der Waals surface area contributed by atoms with Gasteiger partial charge in [-0.2, -0.15) is 14.5 Å². The Balaban J connectivity index is 1.68. The van der Waals surface area contributed by atoms with Crippen molar-refractivity contribution in [2.45, 2.75) is 13.0 Å². The molecule has 0 aliphatic rings. The topological polar surface area (TPSA) is 94.4 Å². The van der Waals surface area contributed by atoms with Crippen LogP contribution in [0.15, 0.2) is 61.3 Å². The third-order valence-corrected chi connectivity index (χ3v) is 4.63. The molecule has 0 saturated carbocycles. The third-order valence-electron chi connectivity index (χ3n) is 4.63. The van der Waals surface area contributed by atoms with Crippen molar-refractivity contribution in [2.24, 2.45) is 0 Å². The molecule has 1 aromatic carbocycles. The first-order valence-corrected chi connectivity index (χ1v) is 8.35. The van der Waals surface area contributed by atoms with Gasteiger partial charge >= 0.3 is 5.82 Å². The van der Waals surface area contributed by atoms with Gasteiger partial charge in [0, 0.05) is 13.1 Å². The predicted molar refractivity (Wildman–Crippen MR) is 100 cm³/mol. The van der Waals surface area contributed by atoms with E-state index in [9.17, 15) is 10.1 Å². The zero-order valence-electron chi connectivity index (χ0n) is 14.8. The lowest BCUT2D eigenvalue weighted by molar-refractivity contribution is -0.389. The van der Waals surface area contributed by atoms with Gasteiger partial charge in [-0.1, -0.05) is 18.2 Å². The van der Waals surface area contributed by atoms with E-state index in [1.807, 2.05) is 49.2 Å². The lowest BCUT2D eigenvalue weighted by Gasteiger charge is -2.24. The van der Waals surface area contributed by atoms with Gasteiger partial charge in [-0.3, -0.25) is 0 Å². The molecule has 3 heterocycles. The summed E-state index contributed by atoms with van der Waals surface area (Å²) in [5.41, 5.74) is 2.44. The van der Waals surface area contributed by atoms with Gasteiger partial charge in [0.2, 0.25) is 11.5 Å². The van der Waals surface area contributed by atoms with Crippen LogP contribution in [0.4, 0.5) is 11.6 Å². The monoisotopic (exact) mass is 363 g/mol. The molecule has 0 amide bonds. The van der Waals surface area contributed by atoms with Crippen LogP contribution in [-0.4, -0.2) is 36.1 Å². The van der Waals surface area contributed by atoms with E-state index in [2.05, 4.69) is 15.1 Å². The van der Waals surface area contributed by atoms with Crippen LogP contribution in [0, 0.1) is 10.1 Å². The van der Waals surface area contributed by atoms with Gasteiger partial charge in [-0.05, 0) is 35.6 Å². The van der Waals surface area contributed by atoms with Crippen LogP contribution >= 0.6 is 0 Å². The van der Waals surface area contributed by atoms with E-state index in [-0.39, 0.29) is 11.9 Å². The first-order valence-electron chi connectivity index (χ1n) is 8.35. The normalized spacial score (nSPS) is 12.2. The Hall–Kier alpha value is -3.75. The minimum atomic E-state index is -0.396. The maximum absolute atomic E-state index is 11.6. The molecule has 0 fully saturated rings. The van der Waals surface area contributed by atoms with Crippen LogP contribution in [0.3, 0.4) is 0 Å². The summed E-state index contributed by atoms with van der Waals surface area (Å²) in [5, 5.41) is 15.7. The Morgan fingerprint density at radius 1 is 1.19 bits per heavy atom. The largest absolute Gasteiger partial charge is 0.372 e. The number of nitrogens with zero attached hydrogens (tertiary/aromatic N) is 7. The third kappa shape index (κ3) is 2.88. The molecule has 0 aliphatic heterocycles. The maximum Gasteiger partial charge on any atom is 0.372 e. The van der Waals surface area contributed by atoms with Crippen molar-refractivity contribution in [2.75, 3.05) is 11.9 Å². The molecule has 0 aliphatic carbocycles. The van der Waals surface area contributed by atoms with E-state index in [1.54, 1.807) is 29.3 Å². The van der Waals surface area contributed by atoms with Crippen molar-refractivity contribution in [3.05, 3.63) is 77.0 Å². The van der Waals surface area contributed by atoms with Gasteiger partial charge in [0.1, 0.15) is 12.7 Å². The number of nitro groups is 1. The molecular weight excluding hydrogens is 346 g/mol. The van der Waals surface area contributed by atoms with E-state index in [0.29, 0.717) is 11.5 Å². The summed E-state index contributed by atoms with van der Waals surface area (Å²) in [6, 6.07) is 13.0. The Bertz CT molecular complexity index is 1090. The van der Waals surface area contributed by atoms with Crippen LogP contribution in [-0.2, 0) is 0 Å². The number of anilines is 1. The highest BCUT2D eigenvalue weighted by atomic mass is 16.6. The number of imidazole rings is 1. The minimum absolute atomic E-state index is 0.0424. The molecule has 9 nitrogen and oxygen atoms in total. The van der Waals surface area contributed by atoms with Crippen molar-refractivity contribution in [3.63, 3.8) is 0 Å². The molecule has 0 saturated heterocycles. The quantitative estimate of drug-likeness (QED) is 0.400. The second-order valence-electron chi connectivity index (χ2n) is 6.16. The fraction of sp³-hybridized carbons (Fsp3) is 0.167. The number of hydrogen-bond acceptors (Lipinski definition) is 6. The van der Waals surface area contributed by atoms with Crippen LogP contribution < -0.4 is 4.90 Å². The SMILES string of the molecule is CC(c1ccc(-n2cncn2)cc1)N(C)c1nc2ccccn2c1[N+](=O)[O-]. The van der Waals surface area contributed by atoms with Crippen molar-refractivity contribution < 1.29 is 4.92 Å². The van der Waals surface area contributed by atoms with Crippen molar-refractivity contribution >= 4 is 17.3 Å². The lowest BCUT2D eigenvalue weighted by Crippen LogP contribution is -2.23. The van der Waals surface area contributed by atoms with Crippen LogP contribution in [0.25, 0.3) is 11.3 Å². The van der Waals surface area contributed by atoms with Gasteiger partial charge in [0.25, 0.3) is 0 Å². The van der Waals surface area contributed by atoms with Crippen LogP contribution in [0.5, 0.6) is 0 Å². The Labute approximate surface area is 154 Å². The lowest BCUT2D eigenvalue weighted by atomic mass is 10.1. The van der Waals surface area contributed by atoms with Crippen molar-refractivity contribution in [1.82, 2.24) is 24.1 Å². The smallest absolute Gasteiger partial charge is 0.358 e. The second-order valence-corrected chi connectivity index (χ2v) is 6.16. The predicted octanol–water partition coefficient (Wildman–Crippen LogP) is 3.02. The number of aromatic nitrogens is 5. The van der Waals surface area contributed by atoms with E-state index in [4.69, 9.17) is 0 Å². The second kappa shape index (κ2) is 6.52. The number of fused-ring (bicyclic) bond motifs is 1. The standard InChI is InChI=1S/C18H17N7O2/c1-13(14-6-8-15(9-7-14)24-12-19-11-20-24)22(2)17-18(25(26)27)23-10-4-3-5-16(23)21-17/h3-13H,1-2H3. The molecule has 0 bridgehead atoms.